The van der Waals surface area contributed by atoms with Crippen molar-refractivity contribution in [2.75, 3.05) is 0 Å². The molecule has 0 aromatic heterocycles. The minimum atomic E-state index is 0.163. The highest BCUT2D eigenvalue weighted by molar-refractivity contribution is 5.07. The molecule has 9 heavy (non-hydrogen) atoms. The zero-order valence-corrected chi connectivity index (χ0v) is 6.44. The molecule has 0 saturated carbocycles. The van der Waals surface area contributed by atoms with E-state index in [-0.39, 0.29) is 11.3 Å². The normalized spacial score (nSPS) is 14.0. The van der Waals surface area contributed by atoms with Crippen LogP contribution in [-0.2, 0) is 0 Å². The van der Waals surface area contributed by atoms with E-state index in [2.05, 4.69) is 33.3 Å². The van der Waals surface area contributed by atoms with Crippen molar-refractivity contribution in [3.8, 4) is 12.3 Å². The molecule has 0 aliphatic rings. The summed E-state index contributed by atoms with van der Waals surface area (Å²) in [5.41, 5.74) is 0.163. The number of allylic oxidation sites excluding steroid dienone is 1. The molecular formula is C9H14. The Morgan fingerprint density at radius 1 is 1.56 bits per heavy atom. The molecule has 0 spiro atoms. The molecule has 0 aliphatic heterocycles. The van der Waals surface area contributed by atoms with E-state index < -0.39 is 0 Å². The van der Waals surface area contributed by atoms with Crippen molar-refractivity contribution in [1.29, 1.82) is 0 Å². The van der Waals surface area contributed by atoms with Crippen molar-refractivity contribution in [2.24, 2.45) is 11.3 Å². The summed E-state index contributed by atoms with van der Waals surface area (Å²) in [5, 5.41) is 0. The van der Waals surface area contributed by atoms with Crippen molar-refractivity contribution in [3.05, 3.63) is 12.7 Å². The average molecular weight is 122 g/mol. The first-order valence-electron chi connectivity index (χ1n) is 3.11. The smallest absolute Gasteiger partial charge is 0.0425 e. The third-order valence-corrected chi connectivity index (χ3v) is 1.35. The second-order valence-electron chi connectivity index (χ2n) is 3.25. The Balaban J connectivity index is 4.16. The molecule has 0 nitrogen and oxygen atoms in total. The van der Waals surface area contributed by atoms with Gasteiger partial charge in [0.25, 0.3) is 0 Å². The van der Waals surface area contributed by atoms with Crippen LogP contribution in [0.4, 0.5) is 0 Å². The van der Waals surface area contributed by atoms with Crippen molar-refractivity contribution in [2.45, 2.75) is 20.8 Å². The largest absolute Gasteiger partial charge is 0.119 e. The van der Waals surface area contributed by atoms with Crippen molar-refractivity contribution < 1.29 is 0 Å². The van der Waals surface area contributed by atoms with Gasteiger partial charge in [-0.3, -0.25) is 0 Å². The SMILES string of the molecule is C#CC(C=C)C(C)(C)C. The van der Waals surface area contributed by atoms with Crippen LogP contribution in [0.1, 0.15) is 20.8 Å². The predicted molar refractivity (Wildman–Crippen MR) is 42.0 cm³/mol. The van der Waals surface area contributed by atoms with E-state index in [0.29, 0.717) is 0 Å². The number of hydrogen-bond acceptors (Lipinski definition) is 0. The summed E-state index contributed by atoms with van der Waals surface area (Å²) in [7, 11) is 0. The Bertz CT molecular complexity index is 129. The standard InChI is InChI=1S/C9H14/c1-6-8(7-2)9(3,4)5/h1,7-8H,2H2,3-5H3. The molecule has 0 heteroatoms. The Morgan fingerprint density at radius 3 is 2.00 bits per heavy atom. The van der Waals surface area contributed by atoms with Crippen LogP contribution in [0.25, 0.3) is 0 Å². The zero-order chi connectivity index (χ0) is 7.49. The highest BCUT2D eigenvalue weighted by Crippen LogP contribution is 2.25. The van der Waals surface area contributed by atoms with Gasteiger partial charge >= 0.3 is 0 Å². The molecular weight excluding hydrogens is 108 g/mol. The number of rotatable bonds is 1. The topological polar surface area (TPSA) is 0 Å². The van der Waals surface area contributed by atoms with Gasteiger partial charge in [-0.2, -0.15) is 0 Å². The van der Waals surface area contributed by atoms with Crippen LogP contribution in [0, 0.1) is 23.7 Å². The molecule has 0 aromatic rings. The minimum Gasteiger partial charge on any atom is -0.119 e. The summed E-state index contributed by atoms with van der Waals surface area (Å²) in [4.78, 5) is 0. The molecule has 0 heterocycles. The van der Waals surface area contributed by atoms with E-state index in [0.717, 1.165) is 0 Å². The first-order valence-corrected chi connectivity index (χ1v) is 3.11. The highest BCUT2D eigenvalue weighted by atomic mass is 14.2. The summed E-state index contributed by atoms with van der Waals surface area (Å²) < 4.78 is 0. The Labute approximate surface area is 58.0 Å². The molecule has 0 saturated heterocycles. The van der Waals surface area contributed by atoms with Gasteiger partial charge in [-0.05, 0) is 5.41 Å². The average Bonchev–Trinajstić information content (AvgIpc) is 1.65. The molecule has 1 unspecified atom stereocenters. The van der Waals surface area contributed by atoms with Gasteiger partial charge in [0.15, 0.2) is 0 Å². The van der Waals surface area contributed by atoms with Gasteiger partial charge in [0, 0.05) is 5.92 Å². The highest BCUT2D eigenvalue weighted by Gasteiger charge is 2.18. The molecule has 50 valence electrons. The van der Waals surface area contributed by atoms with Crippen LogP contribution in [-0.4, -0.2) is 0 Å². The molecule has 0 aromatic carbocycles. The molecule has 0 N–H and O–H groups in total. The third-order valence-electron chi connectivity index (χ3n) is 1.35. The van der Waals surface area contributed by atoms with Crippen LogP contribution < -0.4 is 0 Å². The molecule has 0 rings (SSSR count). The van der Waals surface area contributed by atoms with Gasteiger partial charge in [-0.15, -0.1) is 13.0 Å². The Morgan fingerprint density at radius 2 is 2.00 bits per heavy atom. The lowest BCUT2D eigenvalue weighted by Gasteiger charge is -2.22. The van der Waals surface area contributed by atoms with E-state index in [1.807, 2.05) is 6.08 Å². The van der Waals surface area contributed by atoms with Gasteiger partial charge in [0.1, 0.15) is 0 Å². The van der Waals surface area contributed by atoms with Crippen LogP contribution in [0.5, 0.6) is 0 Å². The van der Waals surface area contributed by atoms with Crippen molar-refractivity contribution >= 4 is 0 Å². The summed E-state index contributed by atoms with van der Waals surface area (Å²) in [5.74, 6) is 2.87. The lowest BCUT2D eigenvalue weighted by molar-refractivity contribution is 0.353. The van der Waals surface area contributed by atoms with Crippen LogP contribution in [0.3, 0.4) is 0 Å². The van der Waals surface area contributed by atoms with E-state index in [1.54, 1.807) is 0 Å². The maximum Gasteiger partial charge on any atom is 0.0425 e. The Hall–Kier alpha value is -0.700. The van der Waals surface area contributed by atoms with E-state index in [9.17, 15) is 0 Å². The second-order valence-corrected chi connectivity index (χ2v) is 3.25. The van der Waals surface area contributed by atoms with Gasteiger partial charge in [0.05, 0.1) is 0 Å². The van der Waals surface area contributed by atoms with E-state index in [1.165, 1.54) is 0 Å². The first-order chi connectivity index (χ1) is 4.02. The summed E-state index contributed by atoms with van der Waals surface area (Å²) in [6.07, 6.45) is 7.07. The van der Waals surface area contributed by atoms with Crippen LogP contribution in [0.15, 0.2) is 12.7 Å². The predicted octanol–water partition coefficient (Wildman–Crippen LogP) is 2.47. The van der Waals surface area contributed by atoms with Gasteiger partial charge in [-0.25, -0.2) is 0 Å². The molecule has 0 aliphatic carbocycles. The maximum absolute atomic E-state index is 5.25. The second kappa shape index (κ2) is 2.73. The first kappa shape index (κ1) is 8.30. The number of terminal acetylenes is 1. The molecule has 0 bridgehead atoms. The summed E-state index contributed by atoms with van der Waals surface area (Å²) in [6, 6.07) is 0. The molecule has 0 radical (unpaired) electrons. The summed E-state index contributed by atoms with van der Waals surface area (Å²) in [6.45, 7) is 9.99. The zero-order valence-electron chi connectivity index (χ0n) is 6.44. The monoisotopic (exact) mass is 122 g/mol. The van der Waals surface area contributed by atoms with Gasteiger partial charge in [0.2, 0.25) is 0 Å². The van der Waals surface area contributed by atoms with Gasteiger partial charge < -0.3 is 0 Å². The lowest BCUT2D eigenvalue weighted by atomic mass is 9.81. The van der Waals surface area contributed by atoms with Gasteiger partial charge in [-0.1, -0.05) is 32.8 Å². The fourth-order valence-corrected chi connectivity index (χ4v) is 0.672. The number of hydrogen-bond donors (Lipinski definition) is 0. The van der Waals surface area contributed by atoms with Crippen molar-refractivity contribution in [3.63, 3.8) is 0 Å². The fourth-order valence-electron chi connectivity index (χ4n) is 0.672. The summed E-state index contributed by atoms with van der Waals surface area (Å²) >= 11 is 0. The van der Waals surface area contributed by atoms with E-state index in [4.69, 9.17) is 6.42 Å². The molecule has 0 amide bonds. The molecule has 1 atom stereocenters. The minimum absolute atomic E-state index is 0.163. The third kappa shape index (κ3) is 2.37. The maximum atomic E-state index is 5.25. The quantitative estimate of drug-likeness (QED) is 0.370. The Kier molecular flexibility index (Phi) is 2.52. The van der Waals surface area contributed by atoms with Crippen LogP contribution >= 0.6 is 0 Å². The van der Waals surface area contributed by atoms with Crippen molar-refractivity contribution in [1.82, 2.24) is 0 Å². The van der Waals surface area contributed by atoms with Crippen LogP contribution in [0.2, 0.25) is 0 Å². The molecule has 0 fully saturated rings. The fraction of sp³-hybridized carbons (Fsp3) is 0.556. The van der Waals surface area contributed by atoms with E-state index >= 15 is 0 Å². The lowest BCUT2D eigenvalue weighted by Crippen LogP contribution is -2.15.